The third-order valence-corrected chi connectivity index (χ3v) is 4.59. The van der Waals surface area contributed by atoms with Gasteiger partial charge in [-0.3, -0.25) is 4.68 Å². The molecule has 1 aromatic rings. The number of rotatable bonds is 3. The second-order valence-electron chi connectivity index (χ2n) is 5.65. The molecular formula is C14H22N2O2. The van der Waals surface area contributed by atoms with E-state index < -0.39 is 6.10 Å². The van der Waals surface area contributed by atoms with Crippen molar-refractivity contribution in [1.29, 1.82) is 0 Å². The first-order valence-corrected chi connectivity index (χ1v) is 7.08. The molecule has 2 fully saturated rings. The van der Waals surface area contributed by atoms with Crippen LogP contribution < -0.4 is 0 Å². The smallest absolute Gasteiger partial charge is 0.0986 e. The van der Waals surface area contributed by atoms with Crippen LogP contribution in [0.15, 0.2) is 12.3 Å². The topological polar surface area (TPSA) is 47.3 Å². The molecule has 2 unspecified atom stereocenters. The number of nitrogens with zero attached hydrogens (tertiary/aromatic N) is 2. The van der Waals surface area contributed by atoms with Crippen LogP contribution in [0.1, 0.15) is 50.8 Å². The molecule has 3 rings (SSSR count). The van der Waals surface area contributed by atoms with E-state index in [1.54, 1.807) is 6.20 Å². The molecule has 100 valence electrons. The van der Waals surface area contributed by atoms with E-state index in [0.29, 0.717) is 5.92 Å². The van der Waals surface area contributed by atoms with Gasteiger partial charge in [0.1, 0.15) is 0 Å². The Morgan fingerprint density at radius 2 is 2.44 bits per heavy atom. The number of aliphatic hydroxyl groups is 1. The average Bonchev–Trinajstić information content (AvgIpc) is 2.84. The molecule has 0 bridgehead atoms. The van der Waals surface area contributed by atoms with Crippen LogP contribution in [0.4, 0.5) is 0 Å². The van der Waals surface area contributed by atoms with Crippen LogP contribution in [0, 0.1) is 5.92 Å². The summed E-state index contributed by atoms with van der Waals surface area (Å²) in [6.45, 7) is 3.66. The molecule has 0 radical (unpaired) electrons. The van der Waals surface area contributed by atoms with Gasteiger partial charge in [-0.25, -0.2) is 0 Å². The summed E-state index contributed by atoms with van der Waals surface area (Å²) in [6, 6.07) is 1.94. The lowest BCUT2D eigenvalue weighted by molar-refractivity contribution is -0.157. The maximum absolute atomic E-state index is 10.6. The highest BCUT2D eigenvalue weighted by atomic mass is 16.5. The summed E-state index contributed by atoms with van der Waals surface area (Å²) in [4.78, 5) is 0. The molecule has 1 aromatic heterocycles. The Labute approximate surface area is 108 Å². The zero-order valence-electron chi connectivity index (χ0n) is 11.0. The van der Waals surface area contributed by atoms with Gasteiger partial charge in [0.15, 0.2) is 0 Å². The van der Waals surface area contributed by atoms with Crippen LogP contribution in [-0.2, 0) is 11.3 Å². The molecular weight excluding hydrogens is 228 g/mol. The fourth-order valence-corrected chi connectivity index (χ4v) is 3.35. The number of ether oxygens (including phenoxy) is 1. The normalized spacial score (nSPS) is 28.0. The summed E-state index contributed by atoms with van der Waals surface area (Å²) in [7, 11) is 0. The van der Waals surface area contributed by atoms with Crippen molar-refractivity contribution >= 4 is 0 Å². The Hall–Kier alpha value is -0.870. The van der Waals surface area contributed by atoms with E-state index >= 15 is 0 Å². The van der Waals surface area contributed by atoms with E-state index in [4.69, 9.17) is 4.74 Å². The molecule has 1 spiro atoms. The lowest BCUT2D eigenvalue weighted by Crippen LogP contribution is -2.46. The molecule has 1 aliphatic carbocycles. The van der Waals surface area contributed by atoms with E-state index in [-0.39, 0.29) is 5.60 Å². The summed E-state index contributed by atoms with van der Waals surface area (Å²) in [5, 5.41) is 14.8. The quantitative estimate of drug-likeness (QED) is 0.895. The van der Waals surface area contributed by atoms with Crippen molar-refractivity contribution < 1.29 is 9.84 Å². The molecule has 2 atom stereocenters. The van der Waals surface area contributed by atoms with E-state index in [1.807, 2.05) is 10.7 Å². The van der Waals surface area contributed by atoms with Crippen molar-refractivity contribution in [3.8, 4) is 0 Å². The second kappa shape index (κ2) is 4.67. The maximum atomic E-state index is 10.6. The third-order valence-electron chi connectivity index (χ3n) is 4.59. The summed E-state index contributed by atoms with van der Waals surface area (Å²) in [5.41, 5.74) is 1.06. The summed E-state index contributed by atoms with van der Waals surface area (Å²) < 4.78 is 7.82. The molecule has 0 amide bonds. The Morgan fingerprint density at radius 3 is 3.11 bits per heavy atom. The Morgan fingerprint density at radius 1 is 1.61 bits per heavy atom. The van der Waals surface area contributed by atoms with E-state index in [9.17, 15) is 5.11 Å². The molecule has 1 aliphatic heterocycles. The summed E-state index contributed by atoms with van der Waals surface area (Å²) in [6.07, 6.45) is 6.96. The molecule has 0 aromatic carbocycles. The van der Waals surface area contributed by atoms with Crippen molar-refractivity contribution in [2.75, 3.05) is 6.61 Å². The van der Waals surface area contributed by atoms with Gasteiger partial charge in [0.2, 0.25) is 0 Å². The second-order valence-corrected chi connectivity index (χ2v) is 5.65. The van der Waals surface area contributed by atoms with Crippen LogP contribution in [0.2, 0.25) is 0 Å². The fourth-order valence-electron chi connectivity index (χ4n) is 3.35. The molecule has 1 saturated carbocycles. The van der Waals surface area contributed by atoms with Crippen LogP contribution in [-0.4, -0.2) is 27.1 Å². The van der Waals surface area contributed by atoms with Gasteiger partial charge in [-0.15, -0.1) is 0 Å². The monoisotopic (exact) mass is 250 g/mol. The van der Waals surface area contributed by atoms with Crippen molar-refractivity contribution in [2.45, 2.75) is 57.3 Å². The predicted molar refractivity (Wildman–Crippen MR) is 68.1 cm³/mol. The lowest BCUT2D eigenvalue weighted by atomic mass is 9.70. The number of aryl methyl sites for hydroxylation is 1. The lowest BCUT2D eigenvalue weighted by Gasteiger charge is -2.48. The van der Waals surface area contributed by atoms with Gasteiger partial charge in [-0.1, -0.05) is 0 Å². The minimum absolute atomic E-state index is 0.0982. The Balaban J connectivity index is 1.73. The first-order valence-electron chi connectivity index (χ1n) is 7.08. The van der Waals surface area contributed by atoms with Crippen LogP contribution in [0.5, 0.6) is 0 Å². The highest BCUT2D eigenvalue weighted by Crippen LogP contribution is 2.47. The first kappa shape index (κ1) is 12.2. The van der Waals surface area contributed by atoms with E-state index in [2.05, 4.69) is 12.0 Å². The van der Waals surface area contributed by atoms with Crippen LogP contribution >= 0.6 is 0 Å². The van der Waals surface area contributed by atoms with Gasteiger partial charge in [-0.2, -0.15) is 5.10 Å². The third kappa shape index (κ3) is 1.97. The molecule has 18 heavy (non-hydrogen) atoms. The fraction of sp³-hybridized carbons (Fsp3) is 0.786. The van der Waals surface area contributed by atoms with Crippen molar-refractivity contribution in [3.05, 3.63) is 18.0 Å². The largest absolute Gasteiger partial charge is 0.387 e. The minimum Gasteiger partial charge on any atom is -0.387 e. The van der Waals surface area contributed by atoms with Gasteiger partial charge in [0, 0.05) is 19.3 Å². The highest BCUT2D eigenvalue weighted by Gasteiger charge is 2.44. The number of hydrogen-bond acceptors (Lipinski definition) is 3. The van der Waals surface area contributed by atoms with Crippen molar-refractivity contribution in [2.24, 2.45) is 5.92 Å². The van der Waals surface area contributed by atoms with Gasteiger partial charge >= 0.3 is 0 Å². The average molecular weight is 250 g/mol. The van der Waals surface area contributed by atoms with Crippen molar-refractivity contribution in [1.82, 2.24) is 9.78 Å². The Bertz CT molecular complexity index is 412. The SMILES string of the molecule is CCn1nccc1C(O)C1CCOC2(CCC2)C1. The number of aromatic nitrogens is 2. The van der Waals surface area contributed by atoms with Crippen LogP contribution in [0.25, 0.3) is 0 Å². The predicted octanol–water partition coefficient (Wildman–Crippen LogP) is 2.29. The van der Waals surface area contributed by atoms with E-state index in [1.165, 1.54) is 19.3 Å². The van der Waals surface area contributed by atoms with Gasteiger partial charge < -0.3 is 9.84 Å². The standard InChI is InChI=1S/C14H22N2O2/c1-2-16-12(4-8-15-16)13(17)11-5-9-18-14(10-11)6-3-7-14/h4,8,11,13,17H,2-3,5-7,9-10H2,1H3. The molecule has 2 heterocycles. The summed E-state index contributed by atoms with van der Waals surface area (Å²) >= 11 is 0. The highest BCUT2D eigenvalue weighted by molar-refractivity contribution is 5.08. The van der Waals surface area contributed by atoms with Gasteiger partial charge in [0.05, 0.1) is 17.4 Å². The molecule has 1 saturated heterocycles. The number of hydrogen-bond donors (Lipinski definition) is 1. The Kier molecular flexibility index (Phi) is 3.16. The van der Waals surface area contributed by atoms with E-state index in [0.717, 1.165) is 31.7 Å². The molecule has 4 heteroatoms. The molecule has 4 nitrogen and oxygen atoms in total. The van der Waals surface area contributed by atoms with Crippen LogP contribution in [0.3, 0.4) is 0 Å². The van der Waals surface area contributed by atoms with Gasteiger partial charge in [0.25, 0.3) is 0 Å². The first-order chi connectivity index (χ1) is 8.74. The maximum Gasteiger partial charge on any atom is 0.0986 e. The number of aliphatic hydroxyl groups excluding tert-OH is 1. The van der Waals surface area contributed by atoms with Gasteiger partial charge in [-0.05, 0) is 51.0 Å². The minimum atomic E-state index is -0.395. The zero-order chi connectivity index (χ0) is 12.6. The molecule has 1 N–H and O–H groups in total. The molecule has 2 aliphatic rings. The van der Waals surface area contributed by atoms with Crippen molar-refractivity contribution in [3.63, 3.8) is 0 Å². The zero-order valence-corrected chi connectivity index (χ0v) is 11.0. The summed E-state index contributed by atoms with van der Waals surface area (Å²) in [5.74, 6) is 0.320.